The van der Waals surface area contributed by atoms with E-state index >= 15 is 0 Å². The van der Waals surface area contributed by atoms with Crippen molar-refractivity contribution >= 4 is 17.5 Å². The van der Waals surface area contributed by atoms with E-state index in [1.165, 1.54) is 18.4 Å². The molecule has 0 aliphatic carbocycles. The normalized spacial score (nSPS) is 26.9. The maximum atomic E-state index is 6.00. The number of hydrogen-bond acceptors (Lipinski definition) is 3. The van der Waals surface area contributed by atoms with Crippen LogP contribution in [-0.2, 0) is 11.2 Å². The summed E-state index contributed by atoms with van der Waals surface area (Å²) in [4.78, 5) is 4.73. The number of halogens is 1. The van der Waals surface area contributed by atoms with Gasteiger partial charge in [0.25, 0.3) is 0 Å². The summed E-state index contributed by atoms with van der Waals surface area (Å²) in [5, 5.41) is 4.26. The van der Waals surface area contributed by atoms with Gasteiger partial charge in [0.2, 0.25) is 5.90 Å². The molecule has 0 aromatic heterocycles. The van der Waals surface area contributed by atoms with Gasteiger partial charge in [0.05, 0.1) is 12.1 Å². The van der Waals surface area contributed by atoms with Crippen molar-refractivity contribution in [2.24, 2.45) is 4.99 Å². The Bertz CT molecular complexity index is 469. The van der Waals surface area contributed by atoms with Crippen molar-refractivity contribution in [3.63, 3.8) is 0 Å². The smallest absolute Gasteiger partial charge is 0.201 e. The summed E-state index contributed by atoms with van der Waals surface area (Å²) in [6.07, 6.45) is 4.56. The van der Waals surface area contributed by atoms with E-state index in [1.54, 1.807) is 0 Å². The number of hydrogen-bond donors (Lipinski definition) is 1. The van der Waals surface area contributed by atoms with E-state index in [4.69, 9.17) is 21.3 Å². The van der Waals surface area contributed by atoms with E-state index < -0.39 is 0 Å². The Hall–Kier alpha value is -1.06. The Morgan fingerprint density at radius 1 is 1.37 bits per heavy atom. The van der Waals surface area contributed by atoms with Crippen molar-refractivity contribution in [3.05, 3.63) is 34.9 Å². The zero-order chi connectivity index (χ0) is 13.1. The molecule has 1 aromatic carbocycles. The van der Waals surface area contributed by atoms with Crippen LogP contribution < -0.4 is 5.32 Å². The molecule has 0 saturated carbocycles. The Balaban J connectivity index is 1.62. The van der Waals surface area contributed by atoms with E-state index in [-0.39, 0.29) is 6.04 Å². The summed E-state index contributed by atoms with van der Waals surface area (Å²) < 4.78 is 5.76. The Morgan fingerprint density at radius 3 is 3.11 bits per heavy atom. The highest BCUT2D eigenvalue weighted by Gasteiger charge is 2.26. The summed E-state index contributed by atoms with van der Waals surface area (Å²) in [6.45, 7) is 1.77. The van der Waals surface area contributed by atoms with Crippen LogP contribution in [0.1, 0.15) is 24.8 Å². The first-order valence-corrected chi connectivity index (χ1v) is 7.37. The van der Waals surface area contributed by atoms with Gasteiger partial charge in [0.1, 0.15) is 6.61 Å². The molecule has 2 aliphatic rings. The molecular weight excluding hydrogens is 260 g/mol. The molecule has 0 radical (unpaired) electrons. The first-order chi connectivity index (χ1) is 9.31. The number of ether oxygens (including phenoxy) is 1. The lowest BCUT2D eigenvalue weighted by molar-refractivity contribution is 0.291. The maximum absolute atomic E-state index is 6.00. The van der Waals surface area contributed by atoms with E-state index in [0.29, 0.717) is 12.6 Å². The lowest BCUT2D eigenvalue weighted by Crippen LogP contribution is -2.40. The van der Waals surface area contributed by atoms with Gasteiger partial charge in [0, 0.05) is 5.02 Å². The number of piperidine rings is 1. The maximum Gasteiger partial charge on any atom is 0.201 e. The van der Waals surface area contributed by atoms with E-state index in [2.05, 4.69) is 11.4 Å². The summed E-state index contributed by atoms with van der Waals surface area (Å²) in [7, 11) is 0. The van der Waals surface area contributed by atoms with Crippen LogP contribution in [0.5, 0.6) is 0 Å². The number of nitrogens with one attached hydrogen (secondary N) is 1. The molecule has 3 nitrogen and oxygen atoms in total. The van der Waals surface area contributed by atoms with Crippen LogP contribution in [0.25, 0.3) is 0 Å². The topological polar surface area (TPSA) is 33.6 Å². The fraction of sp³-hybridized carbons (Fsp3) is 0.533. The van der Waals surface area contributed by atoms with Crippen molar-refractivity contribution in [3.8, 4) is 0 Å². The van der Waals surface area contributed by atoms with Crippen molar-refractivity contribution in [1.29, 1.82) is 0 Å². The van der Waals surface area contributed by atoms with Gasteiger partial charge in [-0.3, -0.25) is 0 Å². The third-order valence-electron chi connectivity index (χ3n) is 3.70. The molecule has 3 rings (SSSR count). The lowest BCUT2D eigenvalue weighted by Gasteiger charge is -2.22. The average Bonchev–Trinajstić information content (AvgIpc) is 2.88. The third kappa shape index (κ3) is 3.28. The summed E-state index contributed by atoms with van der Waals surface area (Å²) in [5.74, 6) is 0.909. The molecular formula is C15H19ClN2O. The van der Waals surface area contributed by atoms with Crippen LogP contribution in [-0.4, -0.2) is 31.1 Å². The highest BCUT2D eigenvalue weighted by molar-refractivity contribution is 6.30. The van der Waals surface area contributed by atoms with Crippen LogP contribution >= 0.6 is 11.6 Å². The molecule has 1 N–H and O–H groups in total. The third-order valence-corrected chi connectivity index (χ3v) is 3.94. The zero-order valence-electron chi connectivity index (χ0n) is 10.9. The van der Waals surface area contributed by atoms with Gasteiger partial charge in [0.15, 0.2) is 0 Å². The minimum absolute atomic E-state index is 0.234. The van der Waals surface area contributed by atoms with Crippen molar-refractivity contribution in [1.82, 2.24) is 5.32 Å². The van der Waals surface area contributed by atoms with Gasteiger partial charge in [-0.25, -0.2) is 4.99 Å². The second kappa shape index (κ2) is 5.93. The Kier molecular flexibility index (Phi) is 4.04. The van der Waals surface area contributed by atoms with Crippen molar-refractivity contribution in [2.45, 2.75) is 37.8 Å². The minimum Gasteiger partial charge on any atom is -0.478 e. The summed E-state index contributed by atoms with van der Waals surface area (Å²) in [5.41, 5.74) is 1.22. The van der Waals surface area contributed by atoms with Crippen LogP contribution in [0.2, 0.25) is 5.02 Å². The van der Waals surface area contributed by atoms with Crippen molar-refractivity contribution < 1.29 is 4.74 Å². The molecule has 2 atom stereocenters. The fourth-order valence-corrected chi connectivity index (χ4v) is 2.94. The molecule has 102 valence electrons. The SMILES string of the molecule is Clc1cccc(CC2COC(C3CCCCN3)=N2)c1. The predicted octanol–water partition coefficient (Wildman–Crippen LogP) is 2.82. The van der Waals surface area contributed by atoms with Gasteiger partial charge >= 0.3 is 0 Å². The quantitative estimate of drug-likeness (QED) is 0.922. The number of rotatable bonds is 3. The van der Waals surface area contributed by atoms with E-state index in [9.17, 15) is 0 Å². The highest BCUT2D eigenvalue weighted by Crippen LogP contribution is 2.18. The fourth-order valence-electron chi connectivity index (χ4n) is 2.73. The average molecular weight is 279 g/mol. The monoisotopic (exact) mass is 278 g/mol. The second-order valence-corrected chi connectivity index (χ2v) is 5.71. The minimum atomic E-state index is 0.234. The van der Waals surface area contributed by atoms with E-state index in [1.807, 2.05) is 18.2 Å². The van der Waals surface area contributed by atoms with Crippen LogP contribution in [0.4, 0.5) is 0 Å². The van der Waals surface area contributed by atoms with Crippen LogP contribution in [0.15, 0.2) is 29.3 Å². The molecule has 0 bridgehead atoms. The Morgan fingerprint density at radius 2 is 2.32 bits per heavy atom. The molecule has 2 unspecified atom stereocenters. The molecule has 2 heterocycles. The first kappa shape index (κ1) is 12.9. The molecule has 0 spiro atoms. The van der Waals surface area contributed by atoms with Gasteiger partial charge < -0.3 is 10.1 Å². The molecule has 0 amide bonds. The lowest BCUT2D eigenvalue weighted by atomic mass is 10.0. The summed E-state index contributed by atoms with van der Waals surface area (Å²) >= 11 is 6.00. The molecule has 1 fully saturated rings. The highest BCUT2D eigenvalue weighted by atomic mass is 35.5. The van der Waals surface area contributed by atoms with Gasteiger partial charge in [-0.15, -0.1) is 0 Å². The zero-order valence-corrected chi connectivity index (χ0v) is 11.7. The van der Waals surface area contributed by atoms with Crippen LogP contribution in [0, 0.1) is 0 Å². The van der Waals surface area contributed by atoms with E-state index in [0.717, 1.165) is 30.3 Å². The van der Waals surface area contributed by atoms with Crippen molar-refractivity contribution in [2.75, 3.05) is 13.2 Å². The molecule has 1 aromatic rings. The van der Waals surface area contributed by atoms with Crippen LogP contribution in [0.3, 0.4) is 0 Å². The molecule has 19 heavy (non-hydrogen) atoms. The number of nitrogens with zero attached hydrogens (tertiary/aromatic N) is 1. The largest absolute Gasteiger partial charge is 0.478 e. The second-order valence-electron chi connectivity index (χ2n) is 5.27. The Labute approximate surface area is 119 Å². The summed E-state index contributed by atoms with van der Waals surface area (Å²) in [6, 6.07) is 8.55. The number of aliphatic imine (C=N–C) groups is 1. The van der Waals surface area contributed by atoms with Gasteiger partial charge in [-0.2, -0.15) is 0 Å². The molecule has 4 heteroatoms. The van der Waals surface area contributed by atoms with Gasteiger partial charge in [-0.1, -0.05) is 30.2 Å². The standard InChI is InChI=1S/C15H19ClN2O/c16-12-5-3-4-11(8-12)9-13-10-19-15(18-13)14-6-1-2-7-17-14/h3-5,8,13-14,17H,1-2,6-7,9-10H2. The molecule has 2 aliphatic heterocycles. The molecule has 1 saturated heterocycles. The van der Waals surface area contributed by atoms with Gasteiger partial charge in [-0.05, 0) is 43.5 Å². The predicted molar refractivity (Wildman–Crippen MR) is 78.0 cm³/mol. The first-order valence-electron chi connectivity index (χ1n) is 6.99. The number of benzene rings is 1.